The fraction of sp³-hybridized carbons (Fsp3) is 0.174. The van der Waals surface area contributed by atoms with E-state index in [0.29, 0.717) is 24.1 Å². The molecule has 0 N–H and O–H groups in total. The van der Waals surface area contributed by atoms with Gasteiger partial charge in [-0.2, -0.15) is 0 Å². The van der Waals surface area contributed by atoms with E-state index in [-0.39, 0.29) is 22.9 Å². The largest absolute Gasteiger partial charge is 0.294 e. The van der Waals surface area contributed by atoms with E-state index >= 15 is 0 Å². The Kier molecular flexibility index (Phi) is 6.01. The molecule has 0 aromatic heterocycles. The molecule has 3 aromatic rings. The fourth-order valence-corrected chi connectivity index (χ4v) is 5.43. The number of carbonyl (C=O) groups excluding carboxylic acids is 1. The number of Topliss-reactive ketones (excluding diaryl/α,β-unsaturated/α-hetero) is 1. The van der Waals surface area contributed by atoms with Gasteiger partial charge in [0.1, 0.15) is 11.6 Å². The van der Waals surface area contributed by atoms with Gasteiger partial charge in [-0.05, 0) is 66.4 Å². The van der Waals surface area contributed by atoms with Gasteiger partial charge in [0.2, 0.25) is 0 Å². The molecule has 0 saturated heterocycles. The molecule has 0 spiro atoms. The number of hydrogen-bond acceptors (Lipinski definition) is 3. The summed E-state index contributed by atoms with van der Waals surface area (Å²) in [5, 5.41) is -0.364. The van der Waals surface area contributed by atoms with Crippen molar-refractivity contribution in [1.29, 1.82) is 0 Å². The molecule has 0 aliphatic carbocycles. The zero-order valence-electron chi connectivity index (χ0n) is 16.6. The van der Waals surface area contributed by atoms with E-state index in [1.54, 1.807) is 12.1 Å². The molecule has 32 heavy (non-hydrogen) atoms. The first-order valence-electron chi connectivity index (χ1n) is 9.75. The first-order valence-corrected chi connectivity index (χ1v) is 11.6. The van der Waals surface area contributed by atoms with E-state index in [9.17, 15) is 26.4 Å². The van der Waals surface area contributed by atoms with E-state index in [4.69, 9.17) is 11.6 Å². The Balaban J connectivity index is 1.69. The summed E-state index contributed by atoms with van der Waals surface area (Å²) in [4.78, 5) is 12.5. The molecule has 0 saturated carbocycles. The Morgan fingerprint density at radius 3 is 2.44 bits per heavy atom. The summed E-state index contributed by atoms with van der Waals surface area (Å²) >= 11 is 5.67. The summed E-state index contributed by atoms with van der Waals surface area (Å²) < 4.78 is 69.1. The lowest BCUT2D eigenvalue weighted by molar-refractivity contribution is 0.0985. The van der Waals surface area contributed by atoms with Crippen molar-refractivity contribution >= 4 is 33.1 Å². The molecule has 9 heteroatoms. The molecule has 3 aromatic carbocycles. The fourth-order valence-electron chi connectivity index (χ4n) is 3.74. The van der Waals surface area contributed by atoms with Crippen molar-refractivity contribution in [3.63, 3.8) is 0 Å². The Labute approximate surface area is 188 Å². The summed E-state index contributed by atoms with van der Waals surface area (Å²) in [6.45, 7) is 0.210. The lowest BCUT2D eigenvalue weighted by Crippen LogP contribution is -2.35. The van der Waals surface area contributed by atoms with Gasteiger partial charge in [0.15, 0.2) is 11.6 Å². The molecule has 0 unspecified atom stereocenters. The Bertz CT molecular complexity index is 1310. The average molecular weight is 480 g/mol. The first-order chi connectivity index (χ1) is 15.2. The van der Waals surface area contributed by atoms with Gasteiger partial charge in [0, 0.05) is 13.0 Å². The summed E-state index contributed by atoms with van der Waals surface area (Å²) in [6.07, 6.45) is 0.882. The van der Waals surface area contributed by atoms with E-state index < -0.39 is 38.8 Å². The van der Waals surface area contributed by atoms with Crippen LogP contribution in [0.15, 0.2) is 59.5 Å². The zero-order valence-corrected chi connectivity index (χ0v) is 18.2. The van der Waals surface area contributed by atoms with Crippen molar-refractivity contribution in [2.24, 2.45) is 0 Å². The number of fused-ring (bicyclic) bond motifs is 1. The summed E-state index contributed by atoms with van der Waals surface area (Å²) in [5.41, 5.74) is 0.816. The molecule has 1 aliphatic heterocycles. The summed E-state index contributed by atoms with van der Waals surface area (Å²) in [6, 6.07) is 11.3. The number of carbonyl (C=O) groups is 1. The summed E-state index contributed by atoms with van der Waals surface area (Å²) in [7, 11) is -3.96. The van der Waals surface area contributed by atoms with Crippen LogP contribution in [0, 0.1) is 17.5 Å². The highest BCUT2D eigenvalue weighted by molar-refractivity contribution is 7.92. The summed E-state index contributed by atoms with van der Waals surface area (Å²) in [5.74, 6) is -3.51. The standard InChI is InChI=1S/C23H17ClF3NO3S/c24-18-9-10-19(26)22(23(18)27)21(29)13-14-3-4-15-2-1-11-28(20(15)12-14)32(30,31)17-7-5-16(25)6-8-17/h3-10,12H,1-2,11,13H2. The predicted molar refractivity (Wildman–Crippen MR) is 115 cm³/mol. The maximum atomic E-state index is 14.2. The van der Waals surface area contributed by atoms with Crippen LogP contribution >= 0.6 is 11.6 Å². The molecule has 166 valence electrons. The second-order valence-corrected chi connectivity index (χ2v) is 9.69. The van der Waals surface area contributed by atoms with Crippen LogP contribution in [-0.4, -0.2) is 20.7 Å². The first kappa shape index (κ1) is 22.4. The van der Waals surface area contributed by atoms with Gasteiger partial charge in [-0.15, -0.1) is 0 Å². The maximum Gasteiger partial charge on any atom is 0.264 e. The molecule has 1 heterocycles. The molecule has 0 atom stereocenters. The number of anilines is 1. The minimum absolute atomic E-state index is 0.0590. The number of hydrogen-bond donors (Lipinski definition) is 0. The molecule has 0 radical (unpaired) electrons. The van der Waals surface area contributed by atoms with Gasteiger partial charge in [0.25, 0.3) is 10.0 Å². The van der Waals surface area contributed by atoms with Crippen molar-refractivity contribution in [3.05, 3.63) is 93.8 Å². The number of nitrogens with zero attached hydrogens (tertiary/aromatic N) is 1. The van der Waals surface area contributed by atoms with Crippen molar-refractivity contribution in [3.8, 4) is 0 Å². The monoisotopic (exact) mass is 479 g/mol. The van der Waals surface area contributed by atoms with E-state index in [1.807, 2.05) is 0 Å². The zero-order chi connectivity index (χ0) is 23.0. The number of benzene rings is 3. The number of halogens is 4. The third kappa shape index (κ3) is 4.12. The van der Waals surface area contributed by atoms with Crippen LogP contribution in [0.25, 0.3) is 0 Å². The van der Waals surface area contributed by atoms with Crippen LogP contribution in [0.5, 0.6) is 0 Å². The molecule has 1 aliphatic rings. The SMILES string of the molecule is O=C(Cc1ccc2c(c1)N(S(=O)(=O)c1ccc(F)cc1)CCC2)c1c(F)ccc(Cl)c1F. The number of sulfonamides is 1. The van der Waals surface area contributed by atoms with Crippen LogP contribution in [0.4, 0.5) is 18.9 Å². The van der Waals surface area contributed by atoms with Gasteiger partial charge in [-0.3, -0.25) is 9.10 Å². The second kappa shape index (κ2) is 8.60. The topological polar surface area (TPSA) is 54.5 Å². The van der Waals surface area contributed by atoms with E-state index in [2.05, 4.69) is 0 Å². The number of aryl methyl sites for hydroxylation is 1. The molecular formula is C23H17ClF3NO3S. The quantitative estimate of drug-likeness (QED) is 0.367. The highest BCUT2D eigenvalue weighted by Crippen LogP contribution is 2.33. The van der Waals surface area contributed by atoms with Gasteiger partial charge >= 0.3 is 0 Å². The van der Waals surface area contributed by atoms with Crippen molar-refractivity contribution in [1.82, 2.24) is 0 Å². The predicted octanol–water partition coefficient (Wildman–Crippen LogP) is 5.32. The van der Waals surface area contributed by atoms with Gasteiger partial charge in [0.05, 0.1) is 21.2 Å². The van der Waals surface area contributed by atoms with Crippen LogP contribution in [0.1, 0.15) is 27.9 Å². The molecular weight excluding hydrogens is 463 g/mol. The Morgan fingerprint density at radius 2 is 1.72 bits per heavy atom. The van der Waals surface area contributed by atoms with E-state index in [1.165, 1.54) is 22.5 Å². The van der Waals surface area contributed by atoms with Crippen LogP contribution in [0.3, 0.4) is 0 Å². The highest BCUT2D eigenvalue weighted by Gasteiger charge is 2.30. The van der Waals surface area contributed by atoms with Crippen LogP contribution in [0.2, 0.25) is 5.02 Å². The molecule has 0 bridgehead atoms. The van der Waals surface area contributed by atoms with E-state index in [0.717, 1.165) is 29.8 Å². The second-order valence-electron chi connectivity index (χ2n) is 7.42. The Hall–Kier alpha value is -2.84. The van der Waals surface area contributed by atoms with Crippen molar-refractivity contribution in [2.45, 2.75) is 24.2 Å². The van der Waals surface area contributed by atoms with Gasteiger partial charge in [-0.25, -0.2) is 21.6 Å². The normalized spacial score (nSPS) is 13.7. The lowest BCUT2D eigenvalue weighted by Gasteiger charge is -2.31. The maximum absolute atomic E-state index is 14.2. The average Bonchev–Trinajstić information content (AvgIpc) is 2.76. The highest BCUT2D eigenvalue weighted by atomic mass is 35.5. The molecule has 0 amide bonds. The minimum Gasteiger partial charge on any atom is -0.294 e. The van der Waals surface area contributed by atoms with Gasteiger partial charge < -0.3 is 0 Å². The van der Waals surface area contributed by atoms with Crippen LogP contribution < -0.4 is 4.31 Å². The van der Waals surface area contributed by atoms with Crippen LogP contribution in [-0.2, 0) is 22.9 Å². The lowest BCUT2D eigenvalue weighted by atomic mass is 9.97. The Morgan fingerprint density at radius 1 is 1.00 bits per heavy atom. The van der Waals surface area contributed by atoms with Gasteiger partial charge in [-0.1, -0.05) is 23.7 Å². The third-order valence-corrected chi connectivity index (χ3v) is 7.43. The number of rotatable bonds is 5. The minimum atomic E-state index is -3.96. The number of ketones is 1. The molecule has 0 fully saturated rings. The molecule has 4 nitrogen and oxygen atoms in total. The van der Waals surface area contributed by atoms with Crippen molar-refractivity contribution in [2.75, 3.05) is 10.8 Å². The third-order valence-electron chi connectivity index (χ3n) is 5.31. The van der Waals surface area contributed by atoms with Crippen molar-refractivity contribution < 1.29 is 26.4 Å². The smallest absolute Gasteiger partial charge is 0.264 e. The molecule has 4 rings (SSSR count).